The lowest BCUT2D eigenvalue weighted by Crippen LogP contribution is -2.01. The molecule has 3 rings (SSSR count). The molecule has 1 N–H and O–H groups in total. The fourth-order valence-corrected chi connectivity index (χ4v) is 2.23. The normalized spacial score (nSPS) is 10.9. The summed E-state index contributed by atoms with van der Waals surface area (Å²) in [7, 11) is 1.31. The molecule has 0 bridgehead atoms. The Labute approximate surface area is 119 Å². The number of carboxylic acids is 1. The molecule has 1 heterocycles. The first-order valence-electron chi connectivity index (χ1n) is 6.14. The highest BCUT2D eigenvalue weighted by Crippen LogP contribution is 2.28. The van der Waals surface area contributed by atoms with Crippen LogP contribution in [-0.4, -0.2) is 23.2 Å². The highest BCUT2D eigenvalue weighted by molar-refractivity contribution is 6.13. The van der Waals surface area contributed by atoms with Crippen molar-refractivity contribution in [2.75, 3.05) is 7.11 Å². The summed E-state index contributed by atoms with van der Waals surface area (Å²) >= 11 is 0. The van der Waals surface area contributed by atoms with E-state index < -0.39 is 5.97 Å². The molecule has 0 atom stereocenters. The second-order valence-corrected chi connectivity index (χ2v) is 4.31. The van der Waals surface area contributed by atoms with Crippen molar-refractivity contribution in [3.63, 3.8) is 0 Å². The minimum atomic E-state index is -1.000. The topological polar surface area (TPSA) is 77.9 Å². The number of hydrogen-bond donors (Lipinski definition) is 1. The van der Waals surface area contributed by atoms with E-state index in [0.717, 1.165) is 0 Å². The lowest BCUT2D eigenvalue weighted by atomic mass is 10.0. The van der Waals surface area contributed by atoms with Gasteiger partial charge in [0, 0.05) is 16.8 Å². The van der Waals surface area contributed by atoms with Crippen LogP contribution in [0.2, 0.25) is 0 Å². The quantitative estimate of drug-likeness (QED) is 0.451. The van der Waals surface area contributed by atoms with E-state index in [0.29, 0.717) is 27.6 Å². The molecule has 3 aromatic rings. The third-order valence-corrected chi connectivity index (χ3v) is 3.06. The van der Waals surface area contributed by atoms with Gasteiger partial charge in [0.25, 0.3) is 0 Å². The number of rotatable bonds is 4. The summed E-state index contributed by atoms with van der Waals surface area (Å²) in [6.07, 6.45) is 0. The number of carboxylic acid groups (broad SMARTS) is 1. The lowest BCUT2D eigenvalue weighted by molar-refractivity contribution is -0.453. The molecule has 6 heteroatoms. The largest absolute Gasteiger partial charge is 0.478 e. The van der Waals surface area contributed by atoms with E-state index in [9.17, 15) is 9.90 Å². The molecular formula is C15H11NO5. The van der Waals surface area contributed by atoms with Crippen LogP contribution in [0.15, 0.2) is 42.5 Å². The SMILES string of the molecule is COOOc1ccc2c(C(=O)O)c3ccccc3nc2c1. The molecule has 0 fully saturated rings. The van der Waals surface area contributed by atoms with Gasteiger partial charge in [0.1, 0.15) is 0 Å². The number of aromatic carboxylic acids is 1. The van der Waals surface area contributed by atoms with Gasteiger partial charge in [0.15, 0.2) is 5.75 Å². The first-order valence-corrected chi connectivity index (χ1v) is 6.14. The van der Waals surface area contributed by atoms with Gasteiger partial charge < -0.3 is 9.99 Å². The molecule has 0 amide bonds. The van der Waals surface area contributed by atoms with E-state index in [4.69, 9.17) is 4.89 Å². The van der Waals surface area contributed by atoms with Gasteiger partial charge in [-0.05, 0) is 23.2 Å². The summed E-state index contributed by atoms with van der Waals surface area (Å²) in [5.74, 6) is -0.635. The predicted octanol–water partition coefficient (Wildman–Crippen LogP) is 2.96. The first kappa shape index (κ1) is 13.3. The van der Waals surface area contributed by atoms with E-state index >= 15 is 0 Å². The Morgan fingerprint density at radius 3 is 2.62 bits per heavy atom. The van der Waals surface area contributed by atoms with Gasteiger partial charge in [-0.2, -0.15) is 4.89 Å². The van der Waals surface area contributed by atoms with Crippen molar-refractivity contribution < 1.29 is 24.7 Å². The average molecular weight is 285 g/mol. The van der Waals surface area contributed by atoms with Crippen molar-refractivity contribution >= 4 is 27.8 Å². The van der Waals surface area contributed by atoms with E-state index in [1.165, 1.54) is 7.11 Å². The van der Waals surface area contributed by atoms with Gasteiger partial charge >= 0.3 is 5.97 Å². The molecule has 21 heavy (non-hydrogen) atoms. The van der Waals surface area contributed by atoms with E-state index in [2.05, 4.69) is 14.9 Å². The fraction of sp³-hybridized carbons (Fsp3) is 0.0667. The van der Waals surface area contributed by atoms with Gasteiger partial charge in [-0.15, -0.1) is 0 Å². The fourth-order valence-electron chi connectivity index (χ4n) is 2.23. The third kappa shape index (κ3) is 2.37. The molecular weight excluding hydrogens is 274 g/mol. The second-order valence-electron chi connectivity index (χ2n) is 4.31. The standard InChI is InChI=1S/C15H11NO5/c1-19-21-20-9-6-7-11-13(8-9)16-12-5-3-2-4-10(12)14(11)15(17)18/h2-8H,1H3,(H,17,18). The van der Waals surface area contributed by atoms with Crippen molar-refractivity contribution in [1.29, 1.82) is 0 Å². The molecule has 0 saturated heterocycles. The summed E-state index contributed by atoms with van der Waals surface area (Å²) < 4.78 is 0. The van der Waals surface area contributed by atoms with Crippen molar-refractivity contribution in [1.82, 2.24) is 4.98 Å². The summed E-state index contributed by atoms with van der Waals surface area (Å²) in [6, 6.07) is 11.9. The number of benzene rings is 2. The van der Waals surface area contributed by atoms with Crippen molar-refractivity contribution in [2.45, 2.75) is 0 Å². The Morgan fingerprint density at radius 1 is 1.10 bits per heavy atom. The van der Waals surface area contributed by atoms with Crippen LogP contribution < -0.4 is 4.89 Å². The van der Waals surface area contributed by atoms with E-state index in [1.54, 1.807) is 42.5 Å². The molecule has 0 spiro atoms. The Kier molecular flexibility index (Phi) is 3.39. The zero-order valence-corrected chi connectivity index (χ0v) is 11.1. The number of para-hydroxylation sites is 1. The molecule has 0 aliphatic heterocycles. The van der Waals surface area contributed by atoms with Crippen LogP contribution in [0.1, 0.15) is 10.4 Å². The van der Waals surface area contributed by atoms with Crippen molar-refractivity contribution in [3.05, 3.63) is 48.0 Å². The number of carbonyl (C=O) groups is 1. The zero-order valence-electron chi connectivity index (χ0n) is 11.1. The number of nitrogens with zero attached hydrogens (tertiary/aromatic N) is 1. The summed E-state index contributed by atoms with van der Waals surface area (Å²) in [4.78, 5) is 25.3. The van der Waals surface area contributed by atoms with Gasteiger partial charge in [-0.1, -0.05) is 18.2 Å². The minimum Gasteiger partial charge on any atom is -0.478 e. The highest BCUT2D eigenvalue weighted by atomic mass is 17.5. The maximum absolute atomic E-state index is 11.6. The first-order chi connectivity index (χ1) is 10.2. The van der Waals surface area contributed by atoms with Crippen LogP contribution in [0.4, 0.5) is 0 Å². The summed E-state index contributed by atoms with van der Waals surface area (Å²) in [5.41, 5.74) is 1.32. The molecule has 0 unspecified atom stereocenters. The average Bonchev–Trinajstić information content (AvgIpc) is 2.49. The number of aromatic nitrogens is 1. The van der Waals surface area contributed by atoms with Crippen LogP contribution in [0.25, 0.3) is 21.8 Å². The van der Waals surface area contributed by atoms with Gasteiger partial charge in [0.05, 0.1) is 23.7 Å². The Hall–Kier alpha value is -2.70. The van der Waals surface area contributed by atoms with Crippen LogP contribution >= 0.6 is 0 Å². The highest BCUT2D eigenvalue weighted by Gasteiger charge is 2.15. The molecule has 0 radical (unpaired) electrons. The van der Waals surface area contributed by atoms with Crippen LogP contribution in [-0.2, 0) is 9.93 Å². The van der Waals surface area contributed by atoms with Gasteiger partial charge in [-0.25, -0.2) is 9.78 Å². The number of pyridine rings is 1. The lowest BCUT2D eigenvalue weighted by Gasteiger charge is -2.08. The molecule has 0 aliphatic rings. The minimum absolute atomic E-state index is 0.217. The third-order valence-electron chi connectivity index (χ3n) is 3.06. The van der Waals surface area contributed by atoms with Gasteiger partial charge in [0.2, 0.25) is 0 Å². The van der Waals surface area contributed by atoms with Crippen LogP contribution in [0.3, 0.4) is 0 Å². The maximum Gasteiger partial charge on any atom is 0.337 e. The maximum atomic E-state index is 11.6. The predicted molar refractivity (Wildman–Crippen MR) is 74.9 cm³/mol. The monoisotopic (exact) mass is 285 g/mol. The number of hydrogen-bond acceptors (Lipinski definition) is 5. The Morgan fingerprint density at radius 2 is 1.86 bits per heavy atom. The summed E-state index contributed by atoms with van der Waals surface area (Å²) in [5, 5.41) is 15.0. The molecule has 0 aliphatic carbocycles. The van der Waals surface area contributed by atoms with Crippen LogP contribution in [0, 0.1) is 0 Å². The van der Waals surface area contributed by atoms with E-state index in [-0.39, 0.29) is 5.56 Å². The van der Waals surface area contributed by atoms with E-state index in [1.807, 2.05) is 0 Å². The Bertz CT molecular complexity index is 831. The summed E-state index contributed by atoms with van der Waals surface area (Å²) in [6.45, 7) is 0. The Balaban J connectivity index is 2.28. The van der Waals surface area contributed by atoms with Gasteiger partial charge in [-0.3, -0.25) is 0 Å². The molecule has 106 valence electrons. The molecule has 6 nitrogen and oxygen atoms in total. The smallest absolute Gasteiger partial charge is 0.337 e. The number of fused-ring (bicyclic) bond motifs is 2. The zero-order chi connectivity index (χ0) is 14.8. The molecule has 1 aromatic heterocycles. The molecule has 2 aromatic carbocycles. The van der Waals surface area contributed by atoms with Crippen molar-refractivity contribution in [3.8, 4) is 5.75 Å². The molecule has 0 saturated carbocycles. The van der Waals surface area contributed by atoms with Crippen LogP contribution in [0.5, 0.6) is 5.75 Å². The second kappa shape index (κ2) is 5.35. The van der Waals surface area contributed by atoms with Crippen molar-refractivity contribution in [2.24, 2.45) is 0 Å².